The molecule has 0 aromatic heterocycles. The fraction of sp³-hybridized carbons (Fsp3) is 0.370. The van der Waals surface area contributed by atoms with E-state index in [2.05, 4.69) is 32.1 Å². The number of hydrogen-bond donors (Lipinski definition) is 0. The van der Waals surface area contributed by atoms with Gasteiger partial charge in [0.05, 0.1) is 0 Å². The zero-order valence-corrected chi connectivity index (χ0v) is 18.4. The van der Waals surface area contributed by atoms with E-state index in [0.29, 0.717) is 38.6 Å². The quantitative estimate of drug-likeness (QED) is 0.529. The average Bonchev–Trinajstić information content (AvgIpc) is 3.19. The second-order valence-corrected chi connectivity index (χ2v) is 8.19. The number of para-hydroxylation sites is 1. The third-order valence-corrected chi connectivity index (χ3v) is 6.00. The molecule has 0 radical (unpaired) electrons. The number of ketones is 1. The summed E-state index contributed by atoms with van der Waals surface area (Å²) in [6.45, 7) is 5.98. The lowest BCUT2D eigenvalue weighted by Gasteiger charge is -2.19. The molecular weight excluding hydrogens is 388 g/mol. The number of fused-ring (bicyclic) bond motifs is 1. The number of rotatable bonds is 9. The van der Waals surface area contributed by atoms with E-state index in [-0.39, 0.29) is 5.78 Å². The number of carbonyl (C=O) groups is 1. The van der Waals surface area contributed by atoms with Crippen LogP contribution < -0.4 is 14.2 Å². The Morgan fingerprint density at radius 2 is 1.81 bits per heavy atom. The lowest BCUT2D eigenvalue weighted by Crippen LogP contribution is -2.15. The van der Waals surface area contributed by atoms with Crippen LogP contribution in [-0.4, -0.2) is 25.6 Å². The van der Waals surface area contributed by atoms with Crippen LogP contribution in [0.4, 0.5) is 0 Å². The van der Waals surface area contributed by atoms with Crippen molar-refractivity contribution in [2.75, 3.05) is 19.8 Å². The number of hydrogen-bond acceptors (Lipinski definition) is 4. The molecular formula is C27H30O4. The van der Waals surface area contributed by atoms with Crippen LogP contribution in [0.5, 0.6) is 17.2 Å². The van der Waals surface area contributed by atoms with Crippen LogP contribution >= 0.6 is 0 Å². The van der Waals surface area contributed by atoms with E-state index in [1.807, 2.05) is 36.4 Å². The highest BCUT2D eigenvalue weighted by atomic mass is 16.6. The molecule has 1 aliphatic carbocycles. The molecule has 162 valence electrons. The molecule has 0 amide bonds. The molecule has 4 nitrogen and oxygen atoms in total. The highest BCUT2D eigenvalue weighted by Crippen LogP contribution is 2.34. The molecule has 2 aliphatic rings. The van der Waals surface area contributed by atoms with E-state index in [4.69, 9.17) is 14.2 Å². The van der Waals surface area contributed by atoms with E-state index in [9.17, 15) is 4.79 Å². The molecule has 4 rings (SSSR count). The molecule has 31 heavy (non-hydrogen) atoms. The number of allylic oxidation sites excluding steroid dienone is 3. The van der Waals surface area contributed by atoms with Crippen molar-refractivity contribution < 1.29 is 19.0 Å². The number of Topliss-reactive ketones (excluding diaryl/α,β-unsaturated/α-hetero) is 1. The summed E-state index contributed by atoms with van der Waals surface area (Å²) in [4.78, 5) is 12.6. The molecule has 4 heteroatoms. The fourth-order valence-electron chi connectivity index (χ4n) is 4.29. The van der Waals surface area contributed by atoms with Gasteiger partial charge in [-0.3, -0.25) is 4.79 Å². The summed E-state index contributed by atoms with van der Waals surface area (Å²) in [5.74, 6) is 3.05. The van der Waals surface area contributed by atoms with Crippen molar-refractivity contribution in [2.24, 2.45) is 5.92 Å². The van der Waals surface area contributed by atoms with Gasteiger partial charge in [-0.15, -0.1) is 0 Å². The Morgan fingerprint density at radius 3 is 2.61 bits per heavy atom. The Labute approximate surface area is 184 Å². The molecule has 0 N–H and O–H groups in total. The van der Waals surface area contributed by atoms with Gasteiger partial charge in [-0.2, -0.15) is 0 Å². The van der Waals surface area contributed by atoms with Crippen LogP contribution in [0.1, 0.15) is 37.3 Å². The summed E-state index contributed by atoms with van der Waals surface area (Å²) in [7, 11) is 0. The first-order valence-corrected chi connectivity index (χ1v) is 11.1. The average molecular weight is 419 g/mol. The van der Waals surface area contributed by atoms with Crippen molar-refractivity contribution in [2.45, 2.75) is 39.5 Å². The Balaban J connectivity index is 1.27. The maximum absolute atomic E-state index is 12.6. The molecule has 1 atom stereocenters. The third-order valence-electron chi connectivity index (χ3n) is 6.00. The predicted molar refractivity (Wildman–Crippen MR) is 122 cm³/mol. The lowest BCUT2D eigenvalue weighted by molar-refractivity contribution is -0.118. The van der Waals surface area contributed by atoms with Crippen molar-refractivity contribution in [3.8, 4) is 17.2 Å². The second-order valence-electron chi connectivity index (χ2n) is 8.19. The van der Waals surface area contributed by atoms with Crippen LogP contribution in [0.15, 0.2) is 65.8 Å². The zero-order valence-electron chi connectivity index (χ0n) is 18.4. The summed E-state index contributed by atoms with van der Waals surface area (Å²) in [5, 5.41) is 0. The van der Waals surface area contributed by atoms with Gasteiger partial charge < -0.3 is 14.2 Å². The molecule has 2 aromatic rings. The van der Waals surface area contributed by atoms with Gasteiger partial charge in [-0.05, 0) is 54.7 Å². The van der Waals surface area contributed by atoms with Crippen molar-refractivity contribution >= 4 is 5.78 Å². The zero-order chi connectivity index (χ0) is 21.6. The first kappa shape index (κ1) is 21.2. The monoisotopic (exact) mass is 418 g/mol. The van der Waals surface area contributed by atoms with E-state index in [0.717, 1.165) is 41.2 Å². The van der Waals surface area contributed by atoms with E-state index in [1.54, 1.807) is 0 Å². The molecule has 0 spiro atoms. The molecule has 1 aliphatic heterocycles. The van der Waals surface area contributed by atoms with Crippen molar-refractivity contribution in [3.63, 3.8) is 0 Å². The first-order chi connectivity index (χ1) is 15.1. The first-order valence-electron chi connectivity index (χ1n) is 11.1. The van der Waals surface area contributed by atoms with Gasteiger partial charge in [-0.25, -0.2) is 0 Å². The number of carbonyl (C=O) groups excluding carboxylic acids is 1. The summed E-state index contributed by atoms with van der Waals surface area (Å²) in [6.07, 6.45) is 7.15. The topological polar surface area (TPSA) is 44.8 Å². The molecule has 1 unspecified atom stereocenters. The van der Waals surface area contributed by atoms with Crippen molar-refractivity contribution in [1.29, 1.82) is 0 Å². The van der Waals surface area contributed by atoms with Crippen LogP contribution in [0.25, 0.3) is 0 Å². The van der Waals surface area contributed by atoms with Crippen LogP contribution in [0.2, 0.25) is 0 Å². The summed E-state index contributed by atoms with van der Waals surface area (Å²) >= 11 is 0. The second kappa shape index (κ2) is 9.86. The SMILES string of the molecule is CCC1C(CCC(=O)Cc2ccc3c(c2)OCCO3)=CC=C1COc1ccccc1C. The van der Waals surface area contributed by atoms with E-state index < -0.39 is 0 Å². The van der Waals surface area contributed by atoms with E-state index >= 15 is 0 Å². The Hall–Kier alpha value is -3.01. The highest BCUT2D eigenvalue weighted by Gasteiger charge is 2.22. The molecule has 0 saturated heterocycles. The fourth-order valence-corrected chi connectivity index (χ4v) is 4.29. The predicted octanol–water partition coefficient (Wildman–Crippen LogP) is 5.63. The smallest absolute Gasteiger partial charge is 0.161 e. The van der Waals surface area contributed by atoms with Gasteiger partial charge in [0.1, 0.15) is 31.4 Å². The minimum Gasteiger partial charge on any atom is -0.489 e. The summed E-state index contributed by atoms with van der Waals surface area (Å²) in [5.41, 5.74) is 4.75. The number of aryl methyl sites for hydroxylation is 1. The highest BCUT2D eigenvalue weighted by molar-refractivity contribution is 5.81. The van der Waals surface area contributed by atoms with Crippen molar-refractivity contribution in [3.05, 3.63) is 76.9 Å². The maximum atomic E-state index is 12.6. The minimum absolute atomic E-state index is 0.247. The van der Waals surface area contributed by atoms with Gasteiger partial charge in [0.2, 0.25) is 0 Å². The van der Waals surface area contributed by atoms with Gasteiger partial charge in [0, 0.05) is 18.8 Å². The standard InChI is InChI=1S/C27H30O4/c1-3-24-21(9-10-22(24)18-31-25-7-5-4-6-19(25)2)11-12-23(28)16-20-8-13-26-27(17-20)30-15-14-29-26/h4-10,13,17,24H,3,11-12,14-16,18H2,1-2H3. The van der Waals surface area contributed by atoms with Crippen LogP contribution in [-0.2, 0) is 11.2 Å². The molecule has 1 heterocycles. The maximum Gasteiger partial charge on any atom is 0.161 e. The largest absolute Gasteiger partial charge is 0.489 e. The molecule has 0 saturated carbocycles. The van der Waals surface area contributed by atoms with Crippen LogP contribution in [0, 0.1) is 12.8 Å². The Morgan fingerprint density at radius 1 is 1.03 bits per heavy atom. The normalized spacial score (nSPS) is 17.2. The molecule has 2 aromatic carbocycles. The van der Waals surface area contributed by atoms with Gasteiger partial charge >= 0.3 is 0 Å². The summed E-state index contributed by atoms with van der Waals surface area (Å²) in [6, 6.07) is 13.9. The molecule has 0 bridgehead atoms. The minimum atomic E-state index is 0.247. The van der Waals surface area contributed by atoms with Crippen molar-refractivity contribution in [1.82, 2.24) is 0 Å². The van der Waals surface area contributed by atoms with E-state index in [1.165, 1.54) is 11.1 Å². The number of ether oxygens (including phenoxy) is 3. The van der Waals surface area contributed by atoms with Gasteiger partial charge in [-0.1, -0.05) is 48.9 Å². The third kappa shape index (κ3) is 5.19. The molecule has 0 fully saturated rings. The Kier molecular flexibility index (Phi) is 6.76. The van der Waals surface area contributed by atoms with Crippen LogP contribution in [0.3, 0.4) is 0 Å². The Bertz CT molecular complexity index is 1000. The van der Waals surface area contributed by atoms with Gasteiger partial charge in [0.15, 0.2) is 11.5 Å². The lowest BCUT2D eigenvalue weighted by atomic mass is 9.89. The number of benzene rings is 2. The van der Waals surface area contributed by atoms with Gasteiger partial charge in [0.25, 0.3) is 0 Å². The summed E-state index contributed by atoms with van der Waals surface area (Å²) < 4.78 is 17.2.